The van der Waals surface area contributed by atoms with Crippen molar-refractivity contribution < 1.29 is 4.79 Å². The number of likely N-dealkylation sites (tertiary alicyclic amines) is 1. The van der Waals surface area contributed by atoms with Crippen LogP contribution in [0, 0.1) is 0 Å². The van der Waals surface area contributed by atoms with Crippen molar-refractivity contribution in [2.75, 3.05) is 13.1 Å². The van der Waals surface area contributed by atoms with Crippen molar-refractivity contribution in [2.45, 2.75) is 18.8 Å². The summed E-state index contributed by atoms with van der Waals surface area (Å²) in [4.78, 5) is 27.1. The lowest BCUT2D eigenvalue weighted by Gasteiger charge is -2.32. The Morgan fingerprint density at radius 3 is 3.00 bits per heavy atom. The molecule has 23 heavy (non-hydrogen) atoms. The number of hydrogen-bond donors (Lipinski definition) is 1. The minimum absolute atomic E-state index is 0.113. The Balaban J connectivity index is 1.55. The zero-order valence-electron chi connectivity index (χ0n) is 12.5. The average molecular weight is 308 g/mol. The van der Waals surface area contributed by atoms with E-state index in [2.05, 4.69) is 25.1 Å². The van der Waals surface area contributed by atoms with E-state index in [1.54, 1.807) is 24.7 Å². The van der Waals surface area contributed by atoms with E-state index in [4.69, 9.17) is 0 Å². The molecule has 1 aliphatic rings. The van der Waals surface area contributed by atoms with Crippen molar-refractivity contribution in [3.8, 4) is 0 Å². The second-order valence-corrected chi connectivity index (χ2v) is 5.71. The summed E-state index contributed by atoms with van der Waals surface area (Å²) in [6, 6.07) is 5.75. The molecule has 1 fully saturated rings. The Bertz CT molecular complexity index is 831. The summed E-state index contributed by atoms with van der Waals surface area (Å²) in [6.07, 6.45) is 6.92. The number of pyridine rings is 1. The SMILES string of the molecule is O=C(c1ncccn1)N1CCCC(c2ccc3cn[nH]c3n2)C1. The first kappa shape index (κ1) is 13.8. The highest BCUT2D eigenvalue weighted by Crippen LogP contribution is 2.27. The van der Waals surface area contributed by atoms with Crippen molar-refractivity contribution in [3.05, 3.63) is 48.3 Å². The van der Waals surface area contributed by atoms with Crippen LogP contribution < -0.4 is 0 Å². The maximum Gasteiger partial charge on any atom is 0.291 e. The summed E-state index contributed by atoms with van der Waals surface area (Å²) < 4.78 is 0. The monoisotopic (exact) mass is 308 g/mol. The molecule has 0 bridgehead atoms. The number of fused-ring (bicyclic) bond motifs is 1. The number of aromatic nitrogens is 5. The van der Waals surface area contributed by atoms with E-state index in [1.807, 2.05) is 17.0 Å². The van der Waals surface area contributed by atoms with Gasteiger partial charge in [0, 0.05) is 42.5 Å². The molecule has 0 aromatic carbocycles. The third-order valence-electron chi connectivity index (χ3n) is 4.21. The van der Waals surface area contributed by atoms with Crippen molar-refractivity contribution in [3.63, 3.8) is 0 Å². The minimum Gasteiger partial charge on any atom is -0.335 e. The molecule has 0 saturated carbocycles. The molecule has 1 amide bonds. The van der Waals surface area contributed by atoms with Crippen LogP contribution in [0.5, 0.6) is 0 Å². The van der Waals surface area contributed by atoms with Crippen LogP contribution in [-0.2, 0) is 0 Å². The number of hydrogen-bond acceptors (Lipinski definition) is 5. The second-order valence-electron chi connectivity index (χ2n) is 5.71. The number of rotatable bonds is 2. The quantitative estimate of drug-likeness (QED) is 0.779. The lowest BCUT2D eigenvalue weighted by molar-refractivity contribution is 0.0693. The number of carbonyl (C=O) groups excluding carboxylic acids is 1. The molecule has 1 unspecified atom stereocenters. The molecule has 116 valence electrons. The van der Waals surface area contributed by atoms with Gasteiger partial charge in [-0.05, 0) is 31.0 Å². The summed E-state index contributed by atoms with van der Waals surface area (Å²) in [6.45, 7) is 1.38. The highest BCUT2D eigenvalue weighted by molar-refractivity contribution is 5.90. The fourth-order valence-corrected chi connectivity index (χ4v) is 3.02. The van der Waals surface area contributed by atoms with Crippen molar-refractivity contribution in [1.82, 2.24) is 30.0 Å². The summed E-state index contributed by atoms with van der Waals surface area (Å²) >= 11 is 0. The molecule has 3 aromatic rings. The van der Waals surface area contributed by atoms with Crippen LogP contribution in [0.3, 0.4) is 0 Å². The average Bonchev–Trinajstić information content (AvgIpc) is 3.09. The van der Waals surface area contributed by atoms with Crippen molar-refractivity contribution in [1.29, 1.82) is 0 Å². The summed E-state index contributed by atoms with van der Waals surface area (Å²) in [5.74, 6) is 0.368. The fraction of sp³-hybridized carbons (Fsp3) is 0.312. The molecule has 0 spiro atoms. The lowest BCUT2D eigenvalue weighted by Crippen LogP contribution is -2.40. The molecule has 3 aromatic heterocycles. The number of amides is 1. The van der Waals surface area contributed by atoms with Crippen LogP contribution in [0.2, 0.25) is 0 Å². The van der Waals surface area contributed by atoms with Gasteiger partial charge in [-0.15, -0.1) is 0 Å². The number of nitrogens with one attached hydrogen (secondary N) is 1. The van der Waals surface area contributed by atoms with Crippen LogP contribution >= 0.6 is 0 Å². The standard InChI is InChI=1S/C16H16N6O/c23-16(15-17-6-2-7-18-15)22-8-1-3-12(10-22)13-5-4-11-9-19-21-14(11)20-13/h2,4-7,9,12H,1,3,8,10H2,(H,19,20,21). The van der Waals surface area contributed by atoms with Crippen molar-refractivity contribution >= 4 is 16.9 Å². The van der Waals surface area contributed by atoms with Crippen LogP contribution in [0.4, 0.5) is 0 Å². The van der Waals surface area contributed by atoms with Gasteiger partial charge in [-0.2, -0.15) is 5.10 Å². The largest absolute Gasteiger partial charge is 0.335 e. The molecule has 0 radical (unpaired) electrons. The maximum absolute atomic E-state index is 12.5. The van der Waals surface area contributed by atoms with E-state index in [9.17, 15) is 4.79 Å². The smallest absolute Gasteiger partial charge is 0.291 e. The van der Waals surface area contributed by atoms with Crippen LogP contribution in [-0.4, -0.2) is 49.0 Å². The van der Waals surface area contributed by atoms with Gasteiger partial charge in [-0.3, -0.25) is 9.89 Å². The maximum atomic E-state index is 12.5. The first-order valence-electron chi connectivity index (χ1n) is 7.67. The zero-order chi connectivity index (χ0) is 15.6. The minimum atomic E-state index is -0.113. The Hall–Kier alpha value is -2.83. The van der Waals surface area contributed by atoms with E-state index in [1.165, 1.54) is 0 Å². The van der Waals surface area contributed by atoms with Gasteiger partial charge in [0.05, 0.1) is 6.20 Å². The zero-order valence-corrected chi connectivity index (χ0v) is 12.5. The van der Waals surface area contributed by atoms with Gasteiger partial charge in [0.1, 0.15) is 0 Å². The van der Waals surface area contributed by atoms with Gasteiger partial charge in [0.15, 0.2) is 5.65 Å². The van der Waals surface area contributed by atoms with E-state index in [-0.39, 0.29) is 17.6 Å². The molecule has 7 nitrogen and oxygen atoms in total. The summed E-state index contributed by atoms with van der Waals surface area (Å²) in [5.41, 5.74) is 1.78. The van der Waals surface area contributed by atoms with Crippen LogP contribution in [0.1, 0.15) is 35.1 Å². The molecule has 0 aliphatic carbocycles. The molecule has 4 rings (SSSR count). The number of carbonyl (C=O) groups is 1. The van der Waals surface area contributed by atoms with Gasteiger partial charge in [0.2, 0.25) is 5.82 Å². The molecule has 1 atom stereocenters. The van der Waals surface area contributed by atoms with E-state index in [0.717, 1.165) is 36.1 Å². The number of nitrogens with zero attached hydrogens (tertiary/aromatic N) is 5. The molecule has 4 heterocycles. The lowest BCUT2D eigenvalue weighted by atomic mass is 9.94. The normalized spacial score (nSPS) is 18.3. The molecule has 1 saturated heterocycles. The Morgan fingerprint density at radius 2 is 2.13 bits per heavy atom. The summed E-state index contributed by atoms with van der Waals surface area (Å²) in [5, 5.41) is 7.89. The summed E-state index contributed by atoms with van der Waals surface area (Å²) in [7, 11) is 0. The van der Waals surface area contributed by atoms with Crippen molar-refractivity contribution in [2.24, 2.45) is 0 Å². The van der Waals surface area contributed by atoms with Crippen LogP contribution in [0.25, 0.3) is 11.0 Å². The topological polar surface area (TPSA) is 87.7 Å². The predicted octanol–water partition coefficient (Wildman–Crippen LogP) is 1.77. The molecular weight excluding hydrogens is 292 g/mol. The van der Waals surface area contributed by atoms with Gasteiger partial charge in [0.25, 0.3) is 5.91 Å². The first-order chi connectivity index (χ1) is 11.3. The Labute approximate surface area is 132 Å². The Kier molecular flexibility index (Phi) is 3.45. The number of H-pyrrole nitrogens is 1. The molecule has 7 heteroatoms. The van der Waals surface area contributed by atoms with Gasteiger partial charge >= 0.3 is 0 Å². The number of piperidine rings is 1. The third-order valence-corrected chi connectivity index (χ3v) is 4.21. The highest BCUT2D eigenvalue weighted by Gasteiger charge is 2.27. The first-order valence-corrected chi connectivity index (χ1v) is 7.67. The van der Waals surface area contributed by atoms with Gasteiger partial charge in [-0.25, -0.2) is 15.0 Å². The van der Waals surface area contributed by atoms with Gasteiger partial charge < -0.3 is 4.90 Å². The van der Waals surface area contributed by atoms with Gasteiger partial charge in [-0.1, -0.05) is 0 Å². The van der Waals surface area contributed by atoms with Crippen LogP contribution in [0.15, 0.2) is 36.8 Å². The molecular formula is C16H16N6O. The predicted molar refractivity (Wildman–Crippen MR) is 83.8 cm³/mol. The highest BCUT2D eigenvalue weighted by atomic mass is 16.2. The second kappa shape index (κ2) is 5.75. The van der Waals surface area contributed by atoms with E-state index >= 15 is 0 Å². The van der Waals surface area contributed by atoms with E-state index < -0.39 is 0 Å². The molecule has 1 N–H and O–H groups in total. The number of aromatic amines is 1. The molecule has 1 aliphatic heterocycles. The van der Waals surface area contributed by atoms with E-state index in [0.29, 0.717) is 6.54 Å². The third kappa shape index (κ3) is 2.65. The fourth-order valence-electron chi connectivity index (χ4n) is 3.02. The Morgan fingerprint density at radius 1 is 1.26 bits per heavy atom.